The topological polar surface area (TPSA) is 88.5 Å². The molecule has 1 heterocycles. The second-order valence-corrected chi connectivity index (χ2v) is 10.5. The van der Waals surface area contributed by atoms with Crippen LogP contribution in [0, 0.1) is 0 Å². The van der Waals surface area contributed by atoms with E-state index in [1.807, 2.05) is 30.3 Å². The average Bonchev–Trinajstić information content (AvgIpc) is 2.87. The van der Waals surface area contributed by atoms with Gasteiger partial charge in [-0.25, -0.2) is 8.42 Å². The summed E-state index contributed by atoms with van der Waals surface area (Å²) >= 11 is 1.33. The molecule has 0 aliphatic carbocycles. The number of rotatable bonds is 7. The van der Waals surface area contributed by atoms with Gasteiger partial charge >= 0.3 is 0 Å². The number of hydrogen-bond acceptors (Lipinski definition) is 6. The average molecular weight is 503 g/mol. The highest BCUT2D eigenvalue weighted by atomic mass is 32.2. The van der Waals surface area contributed by atoms with Gasteiger partial charge in [0.1, 0.15) is 16.4 Å². The Morgan fingerprint density at radius 3 is 2.49 bits per heavy atom. The molecule has 1 aromatic heterocycles. The van der Waals surface area contributed by atoms with E-state index in [-0.39, 0.29) is 16.4 Å². The van der Waals surface area contributed by atoms with Crippen LogP contribution < -0.4 is 9.46 Å². The number of ether oxygens (including phenoxy) is 1. The lowest BCUT2D eigenvalue weighted by atomic mass is 10.1. The van der Waals surface area contributed by atoms with Crippen molar-refractivity contribution in [3.63, 3.8) is 0 Å². The first kappa shape index (κ1) is 23.0. The Morgan fingerprint density at radius 2 is 1.66 bits per heavy atom. The number of hydrogen-bond donors (Lipinski definition) is 2. The molecule has 0 saturated heterocycles. The largest absolute Gasteiger partial charge is 0.506 e. The fraction of sp³-hybridized carbons (Fsp3) is 0.0741. The molecule has 0 unspecified atom stereocenters. The van der Waals surface area contributed by atoms with Gasteiger partial charge in [0, 0.05) is 27.3 Å². The van der Waals surface area contributed by atoms with Gasteiger partial charge in [0.2, 0.25) is 0 Å². The summed E-state index contributed by atoms with van der Waals surface area (Å²) in [6, 6.07) is 25.0. The number of anilines is 1. The van der Waals surface area contributed by atoms with Crippen molar-refractivity contribution in [3.8, 4) is 11.5 Å². The summed E-state index contributed by atoms with van der Waals surface area (Å²) in [5, 5.41) is 13.2. The van der Waals surface area contributed by atoms with Crippen molar-refractivity contribution in [3.05, 3.63) is 91.1 Å². The lowest BCUT2D eigenvalue weighted by Crippen LogP contribution is -2.15. The number of aromatic nitrogens is 1. The van der Waals surface area contributed by atoms with E-state index in [4.69, 9.17) is 4.74 Å². The van der Waals surface area contributed by atoms with Crippen molar-refractivity contribution in [2.75, 3.05) is 11.3 Å². The van der Waals surface area contributed by atoms with Crippen LogP contribution in [-0.2, 0) is 10.0 Å². The van der Waals surface area contributed by atoms with E-state index in [0.717, 1.165) is 15.8 Å². The van der Waals surface area contributed by atoms with E-state index < -0.39 is 10.0 Å². The zero-order chi connectivity index (χ0) is 24.4. The molecule has 6 nitrogen and oxygen atoms in total. The van der Waals surface area contributed by atoms with Crippen LogP contribution in [0.2, 0.25) is 0 Å². The monoisotopic (exact) mass is 502 g/mol. The third-order valence-electron chi connectivity index (χ3n) is 5.48. The molecule has 0 atom stereocenters. The Balaban J connectivity index is 1.62. The van der Waals surface area contributed by atoms with Crippen molar-refractivity contribution < 1.29 is 18.3 Å². The molecule has 8 heteroatoms. The number of para-hydroxylation sites is 2. The molecule has 0 bridgehead atoms. The van der Waals surface area contributed by atoms with Crippen molar-refractivity contribution in [1.29, 1.82) is 0 Å². The summed E-state index contributed by atoms with van der Waals surface area (Å²) in [5.41, 5.74) is 1.17. The minimum absolute atomic E-state index is 0.0477. The zero-order valence-electron chi connectivity index (χ0n) is 18.8. The van der Waals surface area contributed by atoms with E-state index in [9.17, 15) is 13.5 Å². The fourth-order valence-electron chi connectivity index (χ4n) is 3.92. The molecule has 2 N–H and O–H groups in total. The van der Waals surface area contributed by atoms with Crippen LogP contribution in [0.25, 0.3) is 21.7 Å². The first-order chi connectivity index (χ1) is 17.0. The van der Waals surface area contributed by atoms with Crippen LogP contribution >= 0.6 is 11.8 Å². The Morgan fingerprint density at radius 1 is 0.914 bits per heavy atom. The van der Waals surface area contributed by atoms with E-state index in [1.54, 1.807) is 61.7 Å². The molecular weight excluding hydrogens is 480 g/mol. The predicted molar refractivity (Wildman–Crippen MR) is 140 cm³/mol. The van der Waals surface area contributed by atoms with Crippen LogP contribution in [0.15, 0.2) is 106 Å². The summed E-state index contributed by atoms with van der Waals surface area (Å²) in [4.78, 5) is 5.90. The van der Waals surface area contributed by atoms with E-state index >= 15 is 0 Å². The highest BCUT2D eigenvalue weighted by Crippen LogP contribution is 2.44. The number of sulfonamides is 1. The van der Waals surface area contributed by atoms with Gasteiger partial charge in [-0.15, -0.1) is 0 Å². The van der Waals surface area contributed by atoms with Gasteiger partial charge in [-0.1, -0.05) is 66.4 Å². The molecule has 5 rings (SSSR count). The maximum Gasteiger partial charge on any atom is 0.265 e. The van der Waals surface area contributed by atoms with E-state index in [0.29, 0.717) is 28.0 Å². The quantitative estimate of drug-likeness (QED) is 0.249. The standard InChI is InChI=1S/C27H22N2O4S2/c1-2-33-22-13-5-6-15-25(22)35(31,32)29-21-17-24(27(30)20-12-4-3-11-19(20)21)34-23-14-7-9-18-10-8-16-28-26(18)23/h3-17,29-30H,2H2,1H3. The third kappa shape index (κ3) is 4.50. The number of nitrogens with one attached hydrogen (secondary N) is 1. The summed E-state index contributed by atoms with van der Waals surface area (Å²) in [6.45, 7) is 2.14. The SMILES string of the molecule is CCOc1ccccc1S(=O)(=O)Nc1cc(Sc2cccc3cccnc23)c(O)c2ccccc12. The first-order valence-electron chi connectivity index (χ1n) is 11.0. The number of benzene rings is 4. The van der Waals surface area contributed by atoms with Gasteiger partial charge in [-0.2, -0.15) is 0 Å². The number of phenols is 1. The Kier molecular flexibility index (Phi) is 6.23. The van der Waals surface area contributed by atoms with Crippen LogP contribution in [0.1, 0.15) is 6.92 Å². The second kappa shape index (κ2) is 9.48. The van der Waals surface area contributed by atoms with Gasteiger partial charge in [0.15, 0.2) is 0 Å². The van der Waals surface area contributed by atoms with Crippen LogP contribution in [-0.4, -0.2) is 25.1 Å². The summed E-state index contributed by atoms with van der Waals surface area (Å²) in [6.07, 6.45) is 1.72. The molecule has 0 saturated carbocycles. The smallest absolute Gasteiger partial charge is 0.265 e. The Hall–Kier alpha value is -3.75. The summed E-state index contributed by atoms with van der Waals surface area (Å²) < 4.78 is 35.1. The maximum atomic E-state index is 13.4. The van der Waals surface area contributed by atoms with Crippen molar-refractivity contribution in [2.24, 2.45) is 0 Å². The molecule has 0 radical (unpaired) electrons. The fourth-order valence-corrected chi connectivity index (χ4v) is 6.17. The highest BCUT2D eigenvalue weighted by Gasteiger charge is 2.22. The number of pyridine rings is 1. The Bertz CT molecular complexity index is 1650. The third-order valence-corrected chi connectivity index (χ3v) is 7.97. The molecular formula is C27H22N2O4S2. The van der Waals surface area contributed by atoms with Crippen molar-refractivity contribution >= 4 is 49.1 Å². The first-order valence-corrected chi connectivity index (χ1v) is 13.3. The number of nitrogens with zero attached hydrogens (tertiary/aromatic N) is 1. The van der Waals surface area contributed by atoms with Crippen LogP contribution in [0.3, 0.4) is 0 Å². The minimum Gasteiger partial charge on any atom is -0.506 e. The molecule has 0 amide bonds. The molecule has 0 aliphatic rings. The highest BCUT2D eigenvalue weighted by molar-refractivity contribution is 7.99. The minimum atomic E-state index is -3.97. The Labute approximate surface area is 207 Å². The summed E-state index contributed by atoms with van der Waals surface area (Å²) in [7, 11) is -3.97. The van der Waals surface area contributed by atoms with Crippen LogP contribution in [0.4, 0.5) is 5.69 Å². The molecule has 4 aromatic carbocycles. The molecule has 0 spiro atoms. The number of aromatic hydroxyl groups is 1. The normalized spacial score (nSPS) is 11.6. The van der Waals surface area contributed by atoms with E-state index in [2.05, 4.69) is 9.71 Å². The second-order valence-electron chi connectivity index (χ2n) is 7.74. The van der Waals surface area contributed by atoms with Crippen LogP contribution in [0.5, 0.6) is 11.5 Å². The molecule has 35 heavy (non-hydrogen) atoms. The molecule has 176 valence electrons. The van der Waals surface area contributed by atoms with Gasteiger partial charge < -0.3 is 9.84 Å². The van der Waals surface area contributed by atoms with Gasteiger partial charge in [0.05, 0.1) is 22.7 Å². The summed E-state index contributed by atoms with van der Waals surface area (Å²) in [5.74, 6) is 0.359. The zero-order valence-corrected chi connectivity index (χ0v) is 20.4. The molecule has 0 aliphatic heterocycles. The van der Waals surface area contributed by atoms with Gasteiger partial charge in [-0.05, 0) is 37.3 Å². The molecule has 0 fully saturated rings. The predicted octanol–water partition coefficient (Wildman–Crippen LogP) is 6.44. The van der Waals surface area contributed by atoms with Gasteiger partial charge in [-0.3, -0.25) is 9.71 Å². The maximum absolute atomic E-state index is 13.4. The lowest BCUT2D eigenvalue weighted by molar-refractivity contribution is 0.331. The number of fused-ring (bicyclic) bond motifs is 2. The van der Waals surface area contributed by atoms with Gasteiger partial charge in [0.25, 0.3) is 10.0 Å². The molecule has 5 aromatic rings. The van der Waals surface area contributed by atoms with Crippen molar-refractivity contribution in [2.45, 2.75) is 21.6 Å². The van der Waals surface area contributed by atoms with E-state index in [1.165, 1.54) is 17.8 Å². The van der Waals surface area contributed by atoms with Crippen molar-refractivity contribution in [1.82, 2.24) is 4.98 Å². The number of phenolic OH excluding ortho intramolecular Hbond substituents is 1. The lowest BCUT2D eigenvalue weighted by Gasteiger charge is -2.16.